The molecule has 1 rings (SSSR count). The van der Waals surface area contributed by atoms with E-state index in [2.05, 4.69) is 6.92 Å². The quantitative estimate of drug-likeness (QED) is 0.790. The predicted molar refractivity (Wildman–Crippen MR) is 71.0 cm³/mol. The Hall–Kier alpha value is -1.35. The van der Waals surface area contributed by atoms with E-state index in [1.54, 1.807) is 6.92 Å². The van der Waals surface area contributed by atoms with E-state index in [1.807, 2.05) is 30.3 Å². The van der Waals surface area contributed by atoms with Crippen molar-refractivity contribution in [2.24, 2.45) is 5.92 Å². The fraction of sp³-hybridized carbons (Fsp3) is 0.533. The molecule has 0 radical (unpaired) electrons. The Morgan fingerprint density at radius 2 is 2.00 bits per heavy atom. The van der Waals surface area contributed by atoms with Gasteiger partial charge in [0.15, 0.2) is 0 Å². The Morgan fingerprint density at radius 3 is 2.50 bits per heavy atom. The Kier molecular flexibility index (Phi) is 5.35. The van der Waals surface area contributed by atoms with Gasteiger partial charge in [-0.3, -0.25) is 4.79 Å². The third-order valence-electron chi connectivity index (χ3n) is 3.37. The van der Waals surface area contributed by atoms with Gasteiger partial charge in [-0.15, -0.1) is 0 Å². The number of esters is 1. The lowest BCUT2D eigenvalue weighted by Crippen LogP contribution is -2.38. The number of unbranched alkanes of at least 4 members (excludes halogenated alkanes) is 1. The monoisotopic (exact) mass is 250 g/mol. The molecule has 0 aliphatic carbocycles. The molecular formula is C15H22O3. The lowest BCUT2D eigenvalue weighted by atomic mass is 9.80. The van der Waals surface area contributed by atoms with Gasteiger partial charge in [-0.2, -0.15) is 0 Å². The topological polar surface area (TPSA) is 46.5 Å². The summed E-state index contributed by atoms with van der Waals surface area (Å²) in [6, 6.07) is 9.28. The molecule has 1 aromatic carbocycles. The zero-order chi connectivity index (χ0) is 13.6. The first-order valence-corrected chi connectivity index (χ1v) is 6.39. The lowest BCUT2D eigenvalue weighted by molar-refractivity contribution is -0.156. The molecule has 0 heterocycles. The number of methoxy groups -OCH3 is 1. The van der Waals surface area contributed by atoms with Crippen LogP contribution in [0.1, 0.15) is 38.7 Å². The highest BCUT2D eigenvalue weighted by atomic mass is 16.5. The molecule has 2 unspecified atom stereocenters. The Bertz CT molecular complexity index is 371. The van der Waals surface area contributed by atoms with Crippen molar-refractivity contribution in [3.63, 3.8) is 0 Å². The van der Waals surface area contributed by atoms with Crippen LogP contribution in [-0.2, 0) is 15.1 Å². The number of hydrogen-bond donors (Lipinski definition) is 1. The molecule has 0 saturated carbocycles. The van der Waals surface area contributed by atoms with Crippen molar-refractivity contribution in [3.05, 3.63) is 35.9 Å². The number of carbonyl (C=O) groups excluding carboxylic acids is 1. The minimum Gasteiger partial charge on any atom is -0.469 e. The molecule has 0 saturated heterocycles. The number of hydrogen-bond acceptors (Lipinski definition) is 3. The maximum Gasteiger partial charge on any atom is 0.311 e. The zero-order valence-electron chi connectivity index (χ0n) is 11.3. The Morgan fingerprint density at radius 1 is 1.39 bits per heavy atom. The summed E-state index contributed by atoms with van der Waals surface area (Å²) < 4.78 is 4.82. The molecule has 0 aliphatic rings. The summed E-state index contributed by atoms with van der Waals surface area (Å²) in [6.07, 6.45) is 2.51. The van der Waals surface area contributed by atoms with Crippen LogP contribution in [0.25, 0.3) is 0 Å². The maximum absolute atomic E-state index is 11.9. The van der Waals surface area contributed by atoms with Gasteiger partial charge in [0, 0.05) is 0 Å². The van der Waals surface area contributed by atoms with Crippen molar-refractivity contribution in [1.82, 2.24) is 0 Å². The summed E-state index contributed by atoms with van der Waals surface area (Å²) in [5, 5.41) is 10.7. The van der Waals surface area contributed by atoms with Crippen LogP contribution in [0.2, 0.25) is 0 Å². The van der Waals surface area contributed by atoms with Crippen LogP contribution >= 0.6 is 0 Å². The fourth-order valence-electron chi connectivity index (χ4n) is 2.16. The van der Waals surface area contributed by atoms with Gasteiger partial charge in [0.2, 0.25) is 0 Å². The maximum atomic E-state index is 11.9. The van der Waals surface area contributed by atoms with Gasteiger partial charge in [0.05, 0.1) is 13.0 Å². The van der Waals surface area contributed by atoms with E-state index in [4.69, 9.17) is 4.74 Å². The molecule has 2 atom stereocenters. The second kappa shape index (κ2) is 6.55. The van der Waals surface area contributed by atoms with Crippen molar-refractivity contribution < 1.29 is 14.6 Å². The van der Waals surface area contributed by atoms with E-state index >= 15 is 0 Å². The fourth-order valence-corrected chi connectivity index (χ4v) is 2.16. The summed E-state index contributed by atoms with van der Waals surface area (Å²) in [4.78, 5) is 11.9. The summed E-state index contributed by atoms with van der Waals surface area (Å²) >= 11 is 0. The van der Waals surface area contributed by atoms with Crippen LogP contribution in [0.15, 0.2) is 30.3 Å². The van der Waals surface area contributed by atoms with E-state index in [0.29, 0.717) is 6.42 Å². The largest absolute Gasteiger partial charge is 0.469 e. The van der Waals surface area contributed by atoms with Crippen molar-refractivity contribution in [3.8, 4) is 0 Å². The summed E-state index contributed by atoms with van der Waals surface area (Å²) in [5.74, 6) is -0.873. The first kappa shape index (κ1) is 14.7. The minimum atomic E-state index is -1.19. The Balaban J connectivity index is 2.99. The zero-order valence-corrected chi connectivity index (χ0v) is 11.3. The standard InChI is InChI=1S/C15H22O3/c1-4-5-11-13(14(16)18-3)15(2,17)12-9-7-6-8-10-12/h6-10,13,17H,4-5,11H2,1-3H3. The molecule has 18 heavy (non-hydrogen) atoms. The van der Waals surface area contributed by atoms with Crippen LogP contribution < -0.4 is 0 Å². The van der Waals surface area contributed by atoms with Gasteiger partial charge in [0.25, 0.3) is 0 Å². The molecule has 3 nitrogen and oxygen atoms in total. The highest BCUT2D eigenvalue weighted by molar-refractivity contribution is 5.74. The van der Waals surface area contributed by atoms with Gasteiger partial charge < -0.3 is 9.84 Å². The molecular weight excluding hydrogens is 228 g/mol. The number of rotatable bonds is 6. The van der Waals surface area contributed by atoms with Crippen LogP contribution in [0, 0.1) is 5.92 Å². The summed E-state index contributed by atoms with van der Waals surface area (Å²) in [5.41, 5.74) is -0.444. The van der Waals surface area contributed by atoms with Crippen molar-refractivity contribution in [1.29, 1.82) is 0 Å². The average molecular weight is 250 g/mol. The first-order chi connectivity index (χ1) is 8.54. The first-order valence-electron chi connectivity index (χ1n) is 6.39. The number of benzene rings is 1. The van der Waals surface area contributed by atoms with Crippen molar-refractivity contribution >= 4 is 5.97 Å². The van der Waals surface area contributed by atoms with Gasteiger partial charge in [-0.1, -0.05) is 50.1 Å². The highest BCUT2D eigenvalue weighted by Gasteiger charge is 2.38. The summed E-state index contributed by atoms with van der Waals surface area (Å²) in [7, 11) is 1.36. The second-order valence-corrected chi connectivity index (χ2v) is 4.73. The minimum absolute atomic E-state index is 0.350. The van der Waals surface area contributed by atoms with E-state index in [1.165, 1.54) is 7.11 Å². The number of ether oxygens (including phenoxy) is 1. The summed E-state index contributed by atoms with van der Waals surface area (Å²) in [6.45, 7) is 3.74. The van der Waals surface area contributed by atoms with E-state index < -0.39 is 11.5 Å². The van der Waals surface area contributed by atoms with Crippen LogP contribution in [-0.4, -0.2) is 18.2 Å². The normalized spacial score (nSPS) is 15.8. The van der Waals surface area contributed by atoms with Crippen molar-refractivity contribution in [2.75, 3.05) is 7.11 Å². The van der Waals surface area contributed by atoms with Gasteiger partial charge in [-0.05, 0) is 18.9 Å². The van der Waals surface area contributed by atoms with Crippen LogP contribution in [0.3, 0.4) is 0 Å². The Labute approximate surface area is 109 Å². The molecule has 0 fully saturated rings. The van der Waals surface area contributed by atoms with E-state index in [0.717, 1.165) is 18.4 Å². The van der Waals surface area contributed by atoms with E-state index in [9.17, 15) is 9.90 Å². The molecule has 1 aromatic rings. The van der Waals surface area contributed by atoms with Gasteiger partial charge in [0.1, 0.15) is 5.60 Å². The smallest absolute Gasteiger partial charge is 0.311 e. The van der Waals surface area contributed by atoms with Crippen molar-refractivity contribution in [2.45, 2.75) is 38.7 Å². The lowest BCUT2D eigenvalue weighted by Gasteiger charge is -2.31. The predicted octanol–water partition coefficient (Wildman–Crippen LogP) is 2.87. The third-order valence-corrected chi connectivity index (χ3v) is 3.37. The van der Waals surface area contributed by atoms with Gasteiger partial charge in [-0.25, -0.2) is 0 Å². The molecule has 100 valence electrons. The molecule has 0 amide bonds. The molecule has 0 aliphatic heterocycles. The molecule has 0 aromatic heterocycles. The van der Waals surface area contributed by atoms with Crippen LogP contribution in [0.5, 0.6) is 0 Å². The van der Waals surface area contributed by atoms with Crippen LogP contribution in [0.4, 0.5) is 0 Å². The molecule has 0 bridgehead atoms. The average Bonchev–Trinajstić information content (AvgIpc) is 2.39. The SMILES string of the molecule is CCCCC(C(=O)OC)C(C)(O)c1ccccc1. The van der Waals surface area contributed by atoms with Gasteiger partial charge >= 0.3 is 5.97 Å². The number of carbonyl (C=O) groups is 1. The molecule has 0 spiro atoms. The third kappa shape index (κ3) is 3.33. The highest BCUT2D eigenvalue weighted by Crippen LogP contribution is 2.33. The van der Waals surface area contributed by atoms with E-state index in [-0.39, 0.29) is 5.97 Å². The molecule has 3 heteroatoms. The second-order valence-electron chi connectivity index (χ2n) is 4.73. The number of aliphatic hydroxyl groups is 1. The molecule has 1 N–H and O–H groups in total.